The molecular formula is C21H21ClFN7O. The molecule has 0 fully saturated rings. The molecule has 1 aromatic carbocycles. The zero-order valence-electron chi connectivity index (χ0n) is 16.9. The minimum Gasteiger partial charge on any atom is -0.337 e. The number of aromatic nitrogens is 3. The number of hydrogen-bond acceptors (Lipinski definition) is 6. The van der Waals surface area contributed by atoms with E-state index in [4.69, 9.17) is 11.6 Å². The van der Waals surface area contributed by atoms with E-state index in [1.165, 1.54) is 12.3 Å². The van der Waals surface area contributed by atoms with Crippen LogP contribution in [0.5, 0.6) is 0 Å². The number of carbonyl (C=O) groups is 1. The van der Waals surface area contributed by atoms with Crippen LogP contribution in [0.1, 0.15) is 17.3 Å². The Kier molecular flexibility index (Phi) is 6.24. The van der Waals surface area contributed by atoms with Gasteiger partial charge in [-0.25, -0.2) is 9.82 Å². The number of anilines is 1. The van der Waals surface area contributed by atoms with Gasteiger partial charge in [-0.15, -0.1) is 0 Å². The number of likely N-dealkylation sites (N-methyl/N-ethyl adjacent to an activating group) is 1. The Morgan fingerprint density at radius 2 is 2.16 bits per heavy atom. The number of carbonyl (C=O) groups excluding carboxylic acids is 1. The molecule has 0 atom stereocenters. The first-order chi connectivity index (χ1) is 15.0. The fraction of sp³-hybridized carbons (Fsp3) is 0.238. The Morgan fingerprint density at radius 3 is 2.87 bits per heavy atom. The summed E-state index contributed by atoms with van der Waals surface area (Å²) in [4.78, 5) is 19.1. The minimum absolute atomic E-state index is 0.142. The Morgan fingerprint density at radius 1 is 1.29 bits per heavy atom. The summed E-state index contributed by atoms with van der Waals surface area (Å²) in [5, 5.41) is 10.6. The zero-order chi connectivity index (χ0) is 21.8. The molecule has 4 rings (SSSR count). The van der Waals surface area contributed by atoms with E-state index in [0.717, 1.165) is 5.56 Å². The van der Waals surface area contributed by atoms with Crippen LogP contribution in [0.4, 0.5) is 10.1 Å². The highest BCUT2D eigenvalue weighted by Gasteiger charge is 2.22. The van der Waals surface area contributed by atoms with Crippen molar-refractivity contribution in [1.29, 1.82) is 0 Å². The monoisotopic (exact) mass is 441 g/mol. The number of amides is 1. The van der Waals surface area contributed by atoms with Crippen molar-refractivity contribution in [3.63, 3.8) is 0 Å². The predicted molar refractivity (Wildman–Crippen MR) is 117 cm³/mol. The summed E-state index contributed by atoms with van der Waals surface area (Å²) in [5.41, 5.74) is 5.61. The first kappa shape index (κ1) is 21.0. The van der Waals surface area contributed by atoms with E-state index in [9.17, 15) is 9.18 Å². The third-order valence-corrected chi connectivity index (χ3v) is 5.11. The van der Waals surface area contributed by atoms with E-state index in [-0.39, 0.29) is 11.7 Å². The van der Waals surface area contributed by atoms with Crippen molar-refractivity contribution in [3.05, 3.63) is 65.3 Å². The van der Waals surface area contributed by atoms with Crippen LogP contribution in [-0.4, -0.2) is 51.4 Å². The molecule has 1 aliphatic rings. The molecule has 0 saturated carbocycles. The van der Waals surface area contributed by atoms with Crippen LogP contribution >= 0.6 is 11.6 Å². The SMILES string of the molecule is CCN(CCn1cc(-c2ccc(F)cn2)cn1)C(=O)c1cc(Cl)ccc1N1N=CCN1. The smallest absolute Gasteiger partial charge is 0.256 e. The van der Waals surface area contributed by atoms with Crippen LogP contribution in [0, 0.1) is 5.82 Å². The Balaban J connectivity index is 1.48. The number of hydrazone groups is 1. The number of halogens is 2. The number of benzene rings is 1. The zero-order valence-corrected chi connectivity index (χ0v) is 17.6. The standard InChI is InChI=1S/C21H21ClFN7O/c1-2-28(9-10-29-14-15(12-27-29)19-5-4-17(23)13-24-19)21(31)18-11-16(22)3-6-20(18)30-25-7-8-26-30/h3-7,11-14,26H,2,8-10H2,1H3. The van der Waals surface area contributed by atoms with Crippen molar-refractivity contribution in [3.8, 4) is 11.3 Å². The van der Waals surface area contributed by atoms with Gasteiger partial charge >= 0.3 is 0 Å². The second-order valence-corrected chi connectivity index (χ2v) is 7.31. The first-order valence-corrected chi connectivity index (χ1v) is 10.2. The molecule has 0 radical (unpaired) electrons. The summed E-state index contributed by atoms with van der Waals surface area (Å²) < 4.78 is 14.8. The normalized spacial score (nSPS) is 13.1. The summed E-state index contributed by atoms with van der Waals surface area (Å²) >= 11 is 6.17. The molecular weight excluding hydrogens is 421 g/mol. The number of pyridine rings is 1. The third-order valence-electron chi connectivity index (χ3n) is 4.87. The highest BCUT2D eigenvalue weighted by atomic mass is 35.5. The van der Waals surface area contributed by atoms with Crippen molar-refractivity contribution in [1.82, 2.24) is 25.1 Å². The Bertz CT molecular complexity index is 1100. The van der Waals surface area contributed by atoms with Crippen LogP contribution < -0.4 is 10.5 Å². The summed E-state index contributed by atoms with van der Waals surface area (Å²) in [6, 6.07) is 8.12. The van der Waals surface area contributed by atoms with Gasteiger partial charge in [0.05, 0.1) is 42.4 Å². The number of hydrazine groups is 1. The molecule has 1 N–H and O–H groups in total. The molecule has 3 aromatic rings. The maximum absolute atomic E-state index is 13.3. The average Bonchev–Trinajstić information content (AvgIpc) is 3.47. The lowest BCUT2D eigenvalue weighted by molar-refractivity contribution is 0.0758. The molecule has 0 unspecified atom stereocenters. The molecule has 0 aliphatic carbocycles. The van der Waals surface area contributed by atoms with Crippen LogP contribution in [0.2, 0.25) is 5.02 Å². The average molecular weight is 442 g/mol. The summed E-state index contributed by atoms with van der Waals surface area (Å²) in [5.74, 6) is -0.528. The topological polar surface area (TPSA) is 78.7 Å². The molecule has 0 spiro atoms. The van der Waals surface area contributed by atoms with Gasteiger partial charge in [0.15, 0.2) is 0 Å². The number of rotatable bonds is 7. The summed E-state index contributed by atoms with van der Waals surface area (Å²) in [6.45, 7) is 3.99. The largest absolute Gasteiger partial charge is 0.337 e. The molecule has 31 heavy (non-hydrogen) atoms. The minimum atomic E-state index is -0.386. The van der Waals surface area contributed by atoms with Gasteiger partial charge in [0.2, 0.25) is 0 Å². The second-order valence-electron chi connectivity index (χ2n) is 6.87. The second kappa shape index (κ2) is 9.23. The van der Waals surface area contributed by atoms with E-state index >= 15 is 0 Å². The van der Waals surface area contributed by atoms with Gasteiger partial charge < -0.3 is 4.90 Å². The molecule has 0 bridgehead atoms. The van der Waals surface area contributed by atoms with Crippen molar-refractivity contribution in [2.45, 2.75) is 13.5 Å². The number of hydrogen-bond donors (Lipinski definition) is 1. The highest BCUT2D eigenvalue weighted by Crippen LogP contribution is 2.26. The molecule has 0 saturated heterocycles. The Labute approximate surface area is 183 Å². The lowest BCUT2D eigenvalue weighted by atomic mass is 10.1. The van der Waals surface area contributed by atoms with Crippen LogP contribution in [-0.2, 0) is 6.54 Å². The van der Waals surface area contributed by atoms with E-state index in [1.807, 2.05) is 13.1 Å². The molecule has 3 heterocycles. The highest BCUT2D eigenvalue weighted by molar-refractivity contribution is 6.31. The molecule has 1 amide bonds. The van der Waals surface area contributed by atoms with Crippen LogP contribution in [0.25, 0.3) is 11.3 Å². The van der Waals surface area contributed by atoms with Gasteiger partial charge in [0.1, 0.15) is 5.82 Å². The Hall–Kier alpha value is -3.30. The van der Waals surface area contributed by atoms with E-state index in [1.54, 1.807) is 51.4 Å². The van der Waals surface area contributed by atoms with Crippen molar-refractivity contribution < 1.29 is 9.18 Å². The van der Waals surface area contributed by atoms with Gasteiger partial charge in [-0.1, -0.05) is 11.6 Å². The lowest BCUT2D eigenvalue weighted by Gasteiger charge is -2.24. The van der Waals surface area contributed by atoms with E-state index in [0.29, 0.717) is 48.1 Å². The predicted octanol–water partition coefficient (Wildman–Crippen LogP) is 3.21. The summed E-state index contributed by atoms with van der Waals surface area (Å²) in [7, 11) is 0. The fourth-order valence-corrected chi connectivity index (χ4v) is 3.44. The molecule has 2 aromatic heterocycles. The maximum Gasteiger partial charge on any atom is 0.256 e. The number of nitrogens with one attached hydrogen (secondary N) is 1. The third kappa shape index (κ3) is 4.73. The molecule has 1 aliphatic heterocycles. The van der Waals surface area contributed by atoms with Gasteiger partial charge in [-0.05, 0) is 37.3 Å². The van der Waals surface area contributed by atoms with Gasteiger partial charge in [-0.2, -0.15) is 15.3 Å². The van der Waals surface area contributed by atoms with Gasteiger partial charge in [0, 0.05) is 36.1 Å². The fourth-order valence-electron chi connectivity index (χ4n) is 3.26. The molecule has 8 nitrogen and oxygen atoms in total. The summed E-state index contributed by atoms with van der Waals surface area (Å²) in [6.07, 6.45) is 6.40. The lowest BCUT2D eigenvalue weighted by Crippen LogP contribution is -2.36. The number of nitrogens with zero attached hydrogens (tertiary/aromatic N) is 6. The van der Waals surface area contributed by atoms with Crippen molar-refractivity contribution >= 4 is 29.4 Å². The van der Waals surface area contributed by atoms with Gasteiger partial charge in [0.25, 0.3) is 5.91 Å². The van der Waals surface area contributed by atoms with Crippen LogP contribution in [0.15, 0.2) is 54.0 Å². The van der Waals surface area contributed by atoms with Crippen molar-refractivity contribution in [2.24, 2.45) is 5.10 Å². The maximum atomic E-state index is 13.3. The molecule has 10 heteroatoms. The first-order valence-electron chi connectivity index (χ1n) is 9.84. The van der Waals surface area contributed by atoms with Gasteiger partial charge in [-0.3, -0.25) is 14.5 Å². The van der Waals surface area contributed by atoms with E-state index in [2.05, 4.69) is 20.6 Å². The van der Waals surface area contributed by atoms with E-state index < -0.39 is 0 Å². The quantitative estimate of drug-likeness (QED) is 0.609. The molecule has 160 valence electrons. The van der Waals surface area contributed by atoms with Crippen molar-refractivity contribution in [2.75, 3.05) is 24.8 Å². The van der Waals surface area contributed by atoms with Crippen LogP contribution in [0.3, 0.4) is 0 Å².